The number of nitrogens with one attached hydrogen (secondary N) is 1. The van der Waals surface area contributed by atoms with Crippen molar-refractivity contribution in [3.8, 4) is 11.8 Å². The number of methoxy groups -OCH3 is 1. The SMILES string of the molecule is CCn1c(Nc2cccc(C(=O)OC)c2)nc2cnc(Oc3c(F)cccc3F)nc21. The van der Waals surface area contributed by atoms with Crippen molar-refractivity contribution in [2.24, 2.45) is 0 Å². The number of nitrogens with zero attached hydrogens (tertiary/aromatic N) is 4. The van der Waals surface area contributed by atoms with Gasteiger partial charge in [-0.2, -0.15) is 4.98 Å². The average molecular weight is 425 g/mol. The molecule has 8 nitrogen and oxygen atoms in total. The van der Waals surface area contributed by atoms with Gasteiger partial charge in [-0.25, -0.2) is 23.5 Å². The van der Waals surface area contributed by atoms with Gasteiger partial charge < -0.3 is 14.8 Å². The minimum Gasteiger partial charge on any atom is -0.465 e. The first kappa shape index (κ1) is 20.2. The number of ether oxygens (including phenoxy) is 2. The third kappa shape index (κ3) is 4.00. The van der Waals surface area contributed by atoms with Crippen LogP contribution in [-0.2, 0) is 11.3 Å². The van der Waals surface area contributed by atoms with Crippen LogP contribution in [0, 0.1) is 11.6 Å². The summed E-state index contributed by atoms with van der Waals surface area (Å²) in [6.07, 6.45) is 1.40. The quantitative estimate of drug-likeness (QED) is 0.457. The average Bonchev–Trinajstić information content (AvgIpc) is 3.12. The summed E-state index contributed by atoms with van der Waals surface area (Å²) in [6, 6.07) is 9.93. The molecule has 0 aliphatic carbocycles. The Kier molecular flexibility index (Phi) is 5.44. The second-order valence-corrected chi connectivity index (χ2v) is 6.39. The van der Waals surface area contributed by atoms with Crippen molar-refractivity contribution < 1.29 is 23.0 Å². The molecule has 1 N–H and O–H groups in total. The monoisotopic (exact) mass is 425 g/mol. The number of para-hydroxylation sites is 1. The Morgan fingerprint density at radius 2 is 1.87 bits per heavy atom. The van der Waals surface area contributed by atoms with E-state index in [-0.39, 0.29) is 6.01 Å². The Labute approximate surface area is 175 Å². The van der Waals surface area contributed by atoms with Crippen molar-refractivity contribution in [2.75, 3.05) is 12.4 Å². The molecular weight excluding hydrogens is 408 g/mol. The van der Waals surface area contributed by atoms with Crippen LogP contribution in [0.3, 0.4) is 0 Å². The molecule has 0 bridgehead atoms. The molecule has 2 aromatic carbocycles. The van der Waals surface area contributed by atoms with Crippen LogP contribution >= 0.6 is 0 Å². The number of aryl methyl sites for hydroxylation is 1. The van der Waals surface area contributed by atoms with E-state index < -0.39 is 23.4 Å². The Morgan fingerprint density at radius 3 is 2.58 bits per heavy atom. The van der Waals surface area contributed by atoms with Crippen LogP contribution in [0.1, 0.15) is 17.3 Å². The topological polar surface area (TPSA) is 91.2 Å². The van der Waals surface area contributed by atoms with Crippen LogP contribution in [0.2, 0.25) is 0 Å². The summed E-state index contributed by atoms with van der Waals surface area (Å²) in [4.78, 5) is 24.5. The number of hydrogen-bond donors (Lipinski definition) is 1. The number of fused-ring (bicyclic) bond motifs is 1. The summed E-state index contributed by atoms with van der Waals surface area (Å²) in [5.41, 5.74) is 1.87. The van der Waals surface area contributed by atoms with Crippen molar-refractivity contribution in [3.05, 3.63) is 65.9 Å². The third-order valence-electron chi connectivity index (χ3n) is 4.43. The fourth-order valence-electron chi connectivity index (χ4n) is 2.99. The number of carbonyl (C=O) groups is 1. The lowest BCUT2D eigenvalue weighted by Gasteiger charge is -2.09. The summed E-state index contributed by atoms with van der Waals surface area (Å²) in [5, 5.41) is 3.14. The van der Waals surface area contributed by atoms with Gasteiger partial charge in [-0.1, -0.05) is 12.1 Å². The molecule has 2 heterocycles. The number of hydrogen-bond acceptors (Lipinski definition) is 7. The number of benzene rings is 2. The van der Waals surface area contributed by atoms with Crippen LogP contribution in [0.25, 0.3) is 11.2 Å². The minimum absolute atomic E-state index is 0.217. The molecule has 0 amide bonds. The van der Waals surface area contributed by atoms with E-state index in [9.17, 15) is 13.6 Å². The second kappa shape index (κ2) is 8.34. The van der Waals surface area contributed by atoms with Crippen LogP contribution in [0.5, 0.6) is 11.8 Å². The fourth-order valence-corrected chi connectivity index (χ4v) is 2.99. The normalized spacial score (nSPS) is 10.8. The van der Waals surface area contributed by atoms with Gasteiger partial charge in [0.25, 0.3) is 0 Å². The highest BCUT2D eigenvalue weighted by molar-refractivity contribution is 5.90. The molecule has 0 radical (unpaired) electrons. The largest absolute Gasteiger partial charge is 0.465 e. The number of carbonyl (C=O) groups excluding carboxylic acids is 1. The van der Waals surface area contributed by atoms with Gasteiger partial charge >= 0.3 is 12.0 Å². The zero-order valence-electron chi connectivity index (χ0n) is 16.6. The predicted octanol–water partition coefficient (Wildman–Crippen LogP) is 4.45. The summed E-state index contributed by atoms with van der Waals surface area (Å²) < 4.78 is 39.5. The van der Waals surface area contributed by atoms with Gasteiger partial charge in [-0.3, -0.25) is 4.57 Å². The molecule has 0 aliphatic rings. The van der Waals surface area contributed by atoms with E-state index in [1.165, 1.54) is 19.4 Å². The molecule has 0 saturated heterocycles. The van der Waals surface area contributed by atoms with E-state index in [1.807, 2.05) is 6.92 Å². The van der Waals surface area contributed by atoms with E-state index in [4.69, 9.17) is 9.47 Å². The molecule has 0 unspecified atom stereocenters. The van der Waals surface area contributed by atoms with E-state index in [0.29, 0.717) is 34.9 Å². The molecule has 0 saturated carbocycles. The van der Waals surface area contributed by atoms with Crippen LogP contribution in [0.15, 0.2) is 48.7 Å². The lowest BCUT2D eigenvalue weighted by atomic mass is 10.2. The molecular formula is C21H17F2N5O3. The number of aromatic nitrogens is 4. The molecule has 0 atom stereocenters. The minimum atomic E-state index is -0.861. The van der Waals surface area contributed by atoms with E-state index in [2.05, 4.69) is 20.3 Å². The number of imidazole rings is 1. The molecule has 10 heteroatoms. The zero-order chi connectivity index (χ0) is 22.0. The Morgan fingerprint density at radius 1 is 1.13 bits per heavy atom. The highest BCUT2D eigenvalue weighted by Crippen LogP contribution is 2.27. The van der Waals surface area contributed by atoms with Crippen molar-refractivity contribution in [1.29, 1.82) is 0 Å². The van der Waals surface area contributed by atoms with Crippen LogP contribution in [0.4, 0.5) is 20.4 Å². The highest BCUT2D eigenvalue weighted by atomic mass is 19.1. The number of anilines is 2. The van der Waals surface area contributed by atoms with Gasteiger partial charge in [0.1, 0.15) is 5.52 Å². The maximum Gasteiger partial charge on any atom is 0.337 e. The Bertz CT molecular complexity index is 1260. The van der Waals surface area contributed by atoms with Crippen molar-refractivity contribution in [3.63, 3.8) is 0 Å². The number of esters is 1. The molecule has 0 spiro atoms. The van der Waals surface area contributed by atoms with Crippen molar-refractivity contribution in [1.82, 2.24) is 19.5 Å². The Balaban J connectivity index is 1.68. The molecule has 158 valence electrons. The number of rotatable bonds is 6. The first-order valence-electron chi connectivity index (χ1n) is 9.30. The van der Waals surface area contributed by atoms with Gasteiger partial charge in [-0.15, -0.1) is 0 Å². The smallest absolute Gasteiger partial charge is 0.337 e. The first-order chi connectivity index (χ1) is 15.0. The van der Waals surface area contributed by atoms with E-state index >= 15 is 0 Å². The molecule has 4 rings (SSSR count). The van der Waals surface area contributed by atoms with Gasteiger partial charge in [0.05, 0.1) is 18.9 Å². The van der Waals surface area contributed by atoms with E-state index in [1.54, 1.807) is 28.8 Å². The fraction of sp³-hybridized carbons (Fsp3) is 0.143. The molecule has 0 aliphatic heterocycles. The molecule has 4 aromatic rings. The third-order valence-corrected chi connectivity index (χ3v) is 4.43. The molecule has 2 aromatic heterocycles. The summed E-state index contributed by atoms with van der Waals surface area (Å²) in [7, 11) is 1.31. The van der Waals surface area contributed by atoms with Gasteiger partial charge in [-0.05, 0) is 37.3 Å². The lowest BCUT2D eigenvalue weighted by molar-refractivity contribution is 0.0601. The second-order valence-electron chi connectivity index (χ2n) is 6.39. The molecule has 0 fully saturated rings. The van der Waals surface area contributed by atoms with Crippen molar-refractivity contribution in [2.45, 2.75) is 13.5 Å². The summed E-state index contributed by atoms with van der Waals surface area (Å²) in [6.45, 7) is 2.37. The summed E-state index contributed by atoms with van der Waals surface area (Å²) >= 11 is 0. The maximum absolute atomic E-state index is 13.9. The zero-order valence-corrected chi connectivity index (χ0v) is 16.6. The predicted molar refractivity (Wildman–Crippen MR) is 108 cm³/mol. The van der Waals surface area contributed by atoms with E-state index in [0.717, 1.165) is 12.1 Å². The van der Waals surface area contributed by atoms with Crippen LogP contribution < -0.4 is 10.1 Å². The standard InChI is InChI=1S/C21H17F2N5O3/c1-3-28-18-16(11-24-21(27-18)31-17-14(22)8-5-9-15(17)23)26-20(28)25-13-7-4-6-12(10-13)19(29)30-2/h4-11H,3H2,1-2H3,(H,25,26). The highest BCUT2D eigenvalue weighted by Gasteiger charge is 2.17. The van der Waals surface area contributed by atoms with Gasteiger partial charge in [0, 0.05) is 12.2 Å². The lowest BCUT2D eigenvalue weighted by Crippen LogP contribution is -2.05. The van der Waals surface area contributed by atoms with Crippen molar-refractivity contribution >= 4 is 28.8 Å². The maximum atomic E-state index is 13.9. The van der Waals surface area contributed by atoms with Gasteiger partial charge in [0.15, 0.2) is 17.3 Å². The van der Waals surface area contributed by atoms with Gasteiger partial charge in [0.2, 0.25) is 11.7 Å². The van der Waals surface area contributed by atoms with Crippen LogP contribution in [-0.4, -0.2) is 32.6 Å². The molecule has 31 heavy (non-hydrogen) atoms. The first-order valence-corrected chi connectivity index (χ1v) is 9.30. The number of halogens is 2. The summed E-state index contributed by atoms with van der Waals surface area (Å²) in [5.74, 6) is -2.31. The Hall–Kier alpha value is -4.08.